The maximum atomic E-state index is 10.7. The number of halogens is 1. The zero-order chi connectivity index (χ0) is 14.4. The van der Waals surface area contributed by atoms with E-state index in [1.54, 1.807) is 25.3 Å². The maximum absolute atomic E-state index is 10.7. The number of hydrogen-bond acceptors (Lipinski definition) is 3. The van der Waals surface area contributed by atoms with Crippen molar-refractivity contribution in [1.82, 2.24) is 0 Å². The quantitative estimate of drug-likeness (QED) is 0.760. The van der Waals surface area contributed by atoms with Crippen molar-refractivity contribution in [3.05, 3.63) is 58.6 Å². The summed E-state index contributed by atoms with van der Waals surface area (Å²) in [5.41, 5.74) is 1.63. The van der Waals surface area contributed by atoms with Gasteiger partial charge in [0.2, 0.25) is 0 Å². The molecule has 4 heteroatoms. The predicted molar refractivity (Wildman–Crippen MR) is 79.0 cm³/mol. The molecule has 0 aliphatic rings. The van der Waals surface area contributed by atoms with Crippen molar-refractivity contribution in [3.8, 4) is 11.5 Å². The fourth-order valence-corrected chi connectivity index (χ4v) is 1.99. The number of carbonyl (C=O) groups is 1. The lowest BCUT2D eigenvalue weighted by Crippen LogP contribution is -2.01. The fourth-order valence-electron chi connectivity index (χ4n) is 1.77. The summed E-state index contributed by atoms with van der Waals surface area (Å²) < 4.78 is 10.7. The Balaban J connectivity index is 1.88. The van der Waals surface area contributed by atoms with Crippen molar-refractivity contribution < 1.29 is 14.3 Å². The molecule has 0 heterocycles. The van der Waals surface area contributed by atoms with Gasteiger partial charge in [-0.25, -0.2) is 0 Å². The molecule has 3 nitrogen and oxygen atoms in total. The maximum Gasteiger partial charge on any atom is 0.151 e. The van der Waals surface area contributed by atoms with Gasteiger partial charge in [-0.2, -0.15) is 0 Å². The topological polar surface area (TPSA) is 35.5 Å². The van der Waals surface area contributed by atoms with E-state index in [2.05, 4.69) is 0 Å². The molecule has 0 fully saturated rings. The monoisotopic (exact) mass is 290 g/mol. The molecular formula is C16H15ClO3. The summed E-state index contributed by atoms with van der Waals surface area (Å²) in [6, 6.07) is 12.9. The summed E-state index contributed by atoms with van der Waals surface area (Å²) >= 11 is 5.93. The summed E-state index contributed by atoms with van der Waals surface area (Å²) in [6.45, 7) is 0.545. The highest BCUT2D eigenvalue weighted by Gasteiger charge is 2.02. The van der Waals surface area contributed by atoms with Gasteiger partial charge in [0.25, 0.3) is 0 Å². The van der Waals surface area contributed by atoms with Crippen LogP contribution in [-0.4, -0.2) is 20.0 Å². The van der Waals surface area contributed by atoms with Crippen molar-refractivity contribution in [2.75, 3.05) is 13.7 Å². The van der Waals surface area contributed by atoms with Gasteiger partial charge >= 0.3 is 0 Å². The van der Waals surface area contributed by atoms with E-state index < -0.39 is 0 Å². The molecular weight excluding hydrogens is 276 g/mol. The Morgan fingerprint density at radius 1 is 1.10 bits per heavy atom. The average Bonchev–Trinajstić information content (AvgIpc) is 2.48. The van der Waals surface area contributed by atoms with Crippen LogP contribution >= 0.6 is 11.6 Å². The lowest BCUT2D eigenvalue weighted by Gasteiger charge is -2.08. The number of methoxy groups -OCH3 is 1. The average molecular weight is 291 g/mol. The molecule has 0 amide bonds. The van der Waals surface area contributed by atoms with E-state index in [-0.39, 0.29) is 0 Å². The van der Waals surface area contributed by atoms with Crippen LogP contribution in [0, 0.1) is 0 Å². The van der Waals surface area contributed by atoms with Crippen molar-refractivity contribution in [1.29, 1.82) is 0 Å². The predicted octanol–water partition coefficient (Wildman–Crippen LogP) is 3.78. The largest absolute Gasteiger partial charge is 0.497 e. The molecule has 0 aromatic heterocycles. The van der Waals surface area contributed by atoms with Gasteiger partial charge in [-0.15, -0.1) is 0 Å². The molecule has 0 atom stereocenters. The zero-order valence-corrected chi connectivity index (χ0v) is 11.9. The molecule has 0 bridgehead atoms. The number of aldehydes is 1. The van der Waals surface area contributed by atoms with Crippen molar-refractivity contribution in [2.24, 2.45) is 0 Å². The van der Waals surface area contributed by atoms with Gasteiger partial charge in [0.15, 0.2) is 6.29 Å². The molecule has 0 aliphatic carbocycles. The second-order valence-electron chi connectivity index (χ2n) is 4.25. The Bertz CT molecular complexity index is 579. The van der Waals surface area contributed by atoms with E-state index in [4.69, 9.17) is 21.1 Å². The first-order valence-electron chi connectivity index (χ1n) is 6.23. The third kappa shape index (κ3) is 3.75. The molecule has 0 radical (unpaired) electrons. The van der Waals surface area contributed by atoms with Crippen LogP contribution in [0.15, 0.2) is 42.5 Å². The van der Waals surface area contributed by atoms with Crippen LogP contribution in [0.3, 0.4) is 0 Å². The molecule has 0 saturated carbocycles. The minimum atomic E-state index is 0.405. The van der Waals surface area contributed by atoms with E-state index in [0.29, 0.717) is 22.9 Å². The number of benzene rings is 2. The van der Waals surface area contributed by atoms with E-state index in [0.717, 1.165) is 18.5 Å². The second-order valence-corrected chi connectivity index (χ2v) is 4.65. The zero-order valence-electron chi connectivity index (χ0n) is 11.1. The van der Waals surface area contributed by atoms with E-state index in [9.17, 15) is 4.79 Å². The molecule has 2 rings (SSSR count). The van der Waals surface area contributed by atoms with Gasteiger partial charge in [0.05, 0.1) is 18.7 Å². The molecule has 104 valence electrons. The van der Waals surface area contributed by atoms with Gasteiger partial charge in [0, 0.05) is 12.0 Å². The number of rotatable bonds is 6. The molecule has 0 saturated heterocycles. The number of hydrogen-bond donors (Lipinski definition) is 0. The standard InChI is InChI=1S/C16H15ClO3/c1-19-14-5-2-12(3-6-14)8-9-20-15-7-4-13(11-18)16(17)10-15/h2-7,10-11H,8-9H2,1H3. The Labute approximate surface area is 123 Å². The van der Waals surface area contributed by atoms with E-state index in [1.165, 1.54) is 5.56 Å². The highest BCUT2D eigenvalue weighted by molar-refractivity contribution is 6.33. The van der Waals surface area contributed by atoms with Crippen LogP contribution < -0.4 is 9.47 Å². The summed E-state index contributed by atoms with van der Waals surface area (Å²) in [5.74, 6) is 1.50. The summed E-state index contributed by atoms with van der Waals surface area (Å²) in [4.78, 5) is 10.7. The third-order valence-electron chi connectivity index (χ3n) is 2.92. The summed E-state index contributed by atoms with van der Waals surface area (Å²) in [7, 11) is 1.64. The van der Waals surface area contributed by atoms with Gasteiger partial charge < -0.3 is 9.47 Å². The van der Waals surface area contributed by atoms with Gasteiger partial charge in [-0.3, -0.25) is 4.79 Å². The molecule has 2 aromatic rings. The van der Waals surface area contributed by atoms with Crippen molar-refractivity contribution in [2.45, 2.75) is 6.42 Å². The lowest BCUT2D eigenvalue weighted by atomic mass is 10.1. The molecule has 0 N–H and O–H groups in total. The SMILES string of the molecule is COc1ccc(CCOc2ccc(C=O)c(Cl)c2)cc1. The highest BCUT2D eigenvalue weighted by atomic mass is 35.5. The van der Waals surface area contributed by atoms with Crippen LogP contribution in [0.25, 0.3) is 0 Å². The normalized spacial score (nSPS) is 10.1. The van der Waals surface area contributed by atoms with Crippen molar-refractivity contribution in [3.63, 3.8) is 0 Å². The first-order valence-corrected chi connectivity index (χ1v) is 6.61. The van der Waals surface area contributed by atoms with Crippen LogP contribution in [0.5, 0.6) is 11.5 Å². The van der Waals surface area contributed by atoms with E-state index in [1.807, 2.05) is 24.3 Å². The molecule has 0 unspecified atom stereocenters. The van der Waals surface area contributed by atoms with Crippen LogP contribution in [0.4, 0.5) is 0 Å². The summed E-state index contributed by atoms with van der Waals surface area (Å²) in [5, 5.41) is 0.405. The number of carbonyl (C=O) groups excluding carboxylic acids is 1. The third-order valence-corrected chi connectivity index (χ3v) is 3.24. The minimum Gasteiger partial charge on any atom is -0.497 e. The van der Waals surface area contributed by atoms with E-state index >= 15 is 0 Å². The van der Waals surface area contributed by atoms with Crippen LogP contribution in [0.2, 0.25) is 5.02 Å². The molecule has 20 heavy (non-hydrogen) atoms. The second kappa shape index (κ2) is 6.96. The van der Waals surface area contributed by atoms with Gasteiger partial charge in [-0.1, -0.05) is 23.7 Å². The molecule has 2 aromatic carbocycles. The van der Waals surface area contributed by atoms with Crippen LogP contribution in [-0.2, 0) is 6.42 Å². The highest BCUT2D eigenvalue weighted by Crippen LogP contribution is 2.21. The van der Waals surface area contributed by atoms with Gasteiger partial charge in [0.1, 0.15) is 11.5 Å². The first-order chi connectivity index (χ1) is 9.72. The Morgan fingerprint density at radius 2 is 1.80 bits per heavy atom. The van der Waals surface area contributed by atoms with Crippen molar-refractivity contribution >= 4 is 17.9 Å². The Kier molecular flexibility index (Phi) is 5.02. The lowest BCUT2D eigenvalue weighted by molar-refractivity contribution is 0.112. The smallest absolute Gasteiger partial charge is 0.151 e. The van der Waals surface area contributed by atoms with Crippen LogP contribution in [0.1, 0.15) is 15.9 Å². The first kappa shape index (κ1) is 14.4. The molecule has 0 spiro atoms. The fraction of sp³-hybridized carbons (Fsp3) is 0.188. The minimum absolute atomic E-state index is 0.405. The molecule has 0 aliphatic heterocycles. The van der Waals surface area contributed by atoms with Gasteiger partial charge in [-0.05, 0) is 35.9 Å². The Morgan fingerprint density at radius 3 is 2.40 bits per heavy atom. The number of ether oxygens (including phenoxy) is 2. The summed E-state index contributed by atoms with van der Waals surface area (Å²) in [6.07, 6.45) is 1.51. The Hall–Kier alpha value is -2.00.